The highest BCUT2D eigenvalue weighted by molar-refractivity contribution is 9.11. The number of aryl methyl sites for hydroxylation is 1. The minimum Gasteiger partial charge on any atom is -0.399 e. The first-order valence-corrected chi connectivity index (χ1v) is 7.67. The van der Waals surface area contributed by atoms with Crippen LogP contribution < -0.4 is 11.1 Å². The van der Waals surface area contributed by atoms with Gasteiger partial charge in [0.05, 0.1) is 16.3 Å². The number of carbonyl (C=O) groups is 1. The third kappa shape index (κ3) is 3.16. The number of hydrogen-bond donors (Lipinski definition) is 2. The Morgan fingerprint density at radius 2 is 1.85 bits per heavy atom. The fourth-order valence-electron chi connectivity index (χ4n) is 1.72. The van der Waals surface area contributed by atoms with Crippen molar-refractivity contribution in [2.45, 2.75) is 6.92 Å². The molecule has 0 aliphatic carbocycles. The highest BCUT2D eigenvalue weighted by atomic mass is 79.9. The molecule has 0 radical (unpaired) electrons. The summed E-state index contributed by atoms with van der Waals surface area (Å²) >= 11 is 12.9. The Labute approximate surface area is 138 Å². The van der Waals surface area contributed by atoms with E-state index in [1.807, 2.05) is 13.0 Å². The van der Waals surface area contributed by atoms with Gasteiger partial charge in [-0.3, -0.25) is 4.79 Å². The van der Waals surface area contributed by atoms with Gasteiger partial charge in [-0.05, 0) is 62.5 Å². The van der Waals surface area contributed by atoms with E-state index in [0.717, 1.165) is 5.56 Å². The predicted molar refractivity (Wildman–Crippen MR) is 90.4 cm³/mol. The number of anilines is 2. The fraction of sp³-hybridized carbons (Fsp3) is 0.0714. The van der Waals surface area contributed by atoms with E-state index in [1.54, 1.807) is 24.3 Å². The SMILES string of the molecule is Cc1cccc(C(=O)Nc2c(Br)cc(N)cc2Br)c1Cl. The van der Waals surface area contributed by atoms with Crippen molar-refractivity contribution in [1.82, 2.24) is 0 Å². The van der Waals surface area contributed by atoms with Crippen LogP contribution in [0.4, 0.5) is 11.4 Å². The van der Waals surface area contributed by atoms with Gasteiger partial charge in [-0.2, -0.15) is 0 Å². The van der Waals surface area contributed by atoms with Gasteiger partial charge in [0.1, 0.15) is 0 Å². The number of hydrogen-bond acceptors (Lipinski definition) is 2. The van der Waals surface area contributed by atoms with Crippen LogP contribution in [0.15, 0.2) is 39.3 Å². The first kappa shape index (κ1) is 15.4. The molecule has 2 aromatic rings. The maximum absolute atomic E-state index is 12.3. The van der Waals surface area contributed by atoms with Crippen LogP contribution in [-0.2, 0) is 0 Å². The molecule has 3 N–H and O–H groups in total. The maximum Gasteiger partial charge on any atom is 0.257 e. The third-order valence-electron chi connectivity index (χ3n) is 2.74. The number of amides is 1. The first-order valence-electron chi connectivity index (χ1n) is 5.71. The summed E-state index contributed by atoms with van der Waals surface area (Å²) < 4.78 is 1.39. The molecule has 0 spiro atoms. The van der Waals surface area contributed by atoms with E-state index in [1.165, 1.54) is 0 Å². The Morgan fingerprint density at radius 1 is 1.25 bits per heavy atom. The molecule has 0 fully saturated rings. The molecule has 3 nitrogen and oxygen atoms in total. The second-order valence-corrected chi connectivity index (χ2v) is 6.34. The summed E-state index contributed by atoms with van der Waals surface area (Å²) in [6.45, 7) is 1.86. The van der Waals surface area contributed by atoms with Gasteiger partial charge in [0.2, 0.25) is 0 Å². The summed E-state index contributed by atoms with van der Waals surface area (Å²) in [5.74, 6) is -0.273. The molecule has 2 rings (SSSR count). The molecule has 0 aromatic heterocycles. The molecule has 0 unspecified atom stereocenters. The lowest BCUT2D eigenvalue weighted by atomic mass is 10.1. The van der Waals surface area contributed by atoms with Crippen molar-refractivity contribution in [3.8, 4) is 0 Å². The van der Waals surface area contributed by atoms with Crippen molar-refractivity contribution >= 4 is 60.7 Å². The summed E-state index contributed by atoms with van der Waals surface area (Å²) in [4.78, 5) is 12.3. The maximum atomic E-state index is 12.3. The summed E-state index contributed by atoms with van der Waals surface area (Å²) in [6.07, 6.45) is 0. The Bertz CT molecular complexity index is 666. The minimum atomic E-state index is -0.273. The quantitative estimate of drug-likeness (QED) is 0.674. The molecular formula is C14H11Br2ClN2O. The number of halogens is 3. The molecule has 20 heavy (non-hydrogen) atoms. The van der Waals surface area contributed by atoms with Gasteiger partial charge in [-0.25, -0.2) is 0 Å². The van der Waals surface area contributed by atoms with Crippen LogP contribution in [-0.4, -0.2) is 5.91 Å². The molecule has 0 atom stereocenters. The van der Waals surface area contributed by atoms with Crippen molar-refractivity contribution in [2.24, 2.45) is 0 Å². The van der Waals surface area contributed by atoms with E-state index >= 15 is 0 Å². The Kier molecular flexibility index (Phi) is 4.73. The molecule has 0 heterocycles. The highest BCUT2D eigenvalue weighted by Crippen LogP contribution is 2.34. The Morgan fingerprint density at radius 3 is 2.45 bits per heavy atom. The average Bonchev–Trinajstić information content (AvgIpc) is 2.36. The molecule has 1 amide bonds. The number of nitrogen functional groups attached to an aromatic ring is 1. The topological polar surface area (TPSA) is 55.1 Å². The lowest BCUT2D eigenvalue weighted by Gasteiger charge is -2.12. The number of rotatable bonds is 2. The van der Waals surface area contributed by atoms with Gasteiger partial charge >= 0.3 is 0 Å². The molecule has 0 saturated heterocycles. The van der Waals surface area contributed by atoms with Gasteiger partial charge in [0.15, 0.2) is 0 Å². The number of nitrogens with two attached hydrogens (primary N) is 1. The average molecular weight is 419 g/mol. The molecule has 0 aliphatic rings. The zero-order chi connectivity index (χ0) is 14.9. The molecule has 0 aliphatic heterocycles. The second-order valence-electron chi connectivity index (χ2n) is 4.25. The van der Waals surface area contributed by atoms with E-state index in [2.05, 4.69) is 37.2 Å². The Hall–Kier alpha value is -1.04. The van der Waals surface area contributed by atoms with Crippen LogP contribution in [0.5, 0.6) is 0 Å². The summed E-state index contributed by atoms with van der Waals surface area (Å²) in [7, 11) is 0. The fourth-order valence-corrected chi connectivity index (χ4v) is 3.35. The van der Waals surface area contributed by atoms with E-state index in [4.69, 9.17) is 17.3 Å². The van der Waals surface area contributed by atoms with Crippen LogP contribution in [0.2, 0.25) is 5.02 Å². The van der Waals surface area contributed by atoms with Crippen LogP contribution in [0.1, 0.15) is 15.9 Å². The number of nitrogens with one attached hydrogen (secondary N) is 1. The van der Waals surface area contributed by atoms with E-state index < -0.39 is 0 Å². The molecule has 2 aromatic carbocycles. The van der Waals surface area contributed by atoms with Crippen molar-refractivity contribution in [1.29, 1.82) is 0 Å². The lowest BCUT2D eigenvalue weighted by molar-refractivity contribution is 0.102. The summed E-state index contributed by atoms with van der Waals surface area (Å²) in [5.41, 5.74) is 8.22. The zero-order valence-electron chi connectivity index (χ0n) is 10.5. The summed E-state index contributed by atoms with van der Waals surface area (Å²) in [5, 5.41) is 3.27. The minimum absolute atomic E-state index is 0.273. The van der Waals surface area contributed by atoms with E-state index in [0.29, 0.717) is 30.9 Å². The highest BCUT2D eigenvalue weighted by Gasteiger charge is 2.15. The normalized spacial score (nSPS) is 10.4. The Balaban J connectivity index is 2.36. The first-order chi connectivity index (χ1) is 9.40. The third-order valence-corrected chi connectivity index (χ3v) is 4.49. The van der Waals surface area contributed by atoms with Crippen molar-refractivity contribution in [3.05, 3.63) is 55.4 Å². The van der Waals surface area contributed by atoms with Gasteiger partial charge in [0.25, 0.3) is 5.91 Å². The zero-order valence-corrected chi connectivity index (χ0v) is 14.4. The van der Waals surface area contributed by atoms with Crippen LogP contribution >= 0.6 is 43.5 Å². The molecule has 104 valence electrons. The number of benzene rings is 2. The predicted octanol–water partition coefficient (Wildman–Crippen LogP) is 5.01. The molecular weight excluding hydrogens is 407 g/mol. The van der Waals surface area contributed by atoms with Crippen LogP contribution in [0, 0.1) is 6.92 Å². The van der Waals surface area contributed by atoms with Crippen molar-refractivity contribution < 1.29 is 4.79 Å². The summed E-state index contributed by atoms with van der Waals surface area (Å²) in [6, 6.07) is 8.78. The lowest BCUT2D eigenvalue weighted by Crippen LogP contribution is -2.13. The van der Waals surface area contributed by atoms with Gasteiger partial charge in [-0.1, -0.05) is 23.7 Å². The van der Waals surface area contributed by atoms with Crippen molar-refractivity contribution in [3.63, 3.8) is 0 Å². The van der Waals surface area contributed by atoms with E-state index in [9.17, 15) is 4.79 Å². The van der Waals surface area contributed by atoms with Gasteiger partial charge in [0, 0.05) is 14.6 Å². The number of carbonyl (C=O) groups excluding carboxylic acids is 1. The molecule has 0 bridgehead atoms. The van der Waals surface area contributed by atoms with Crippen LogP contribution in [0.25, 0.3) is 0 Å². The van der Waals surface area contributed by atoms with Gasteiger partial charge < -0.3 is 11.1 Å². The van der Waals surface area contributed by atoms with Gasteiger partial charge in [-0.15, -0.1) is 0 Å². The monoisotopic (exact) mass is 416 g/mol. The standard InChI is InChI=1S/C14H11Br2ClN2O/c1-7-3-2-4-9(12(7)17)14(20)19-13-10(15)5-8(18)6-11(13)16/h2-6H,18H2,1H3,(H,19,20). The van der Waals surface area contributed by atoms with Crippen LogP contribution in [0.3, 0.4) is 0 Å². The smallest absolute Gasteiger partial charge is 0.257 e. The largest absolute Gasteiger partial charge is 0.399 e. The second kappa shape index (κ2) is 6.16. The molecule has 0 saturated carbocycles. The van der Waals surface area contributed by atoms with Crippen molar-refractivity contribution in [2.75, 3.05) is 11.1 Å². The van der Waals surface area contributed by atoms with E-state index in [-0.39, 0.29) is 5.91 Å². The molecule has 6 heteroatoms.